The number of pyridine rings is 3. The van der Waals surface area contributed by atoms with Crippen LogP contribution in [0.15, 0.2) is 36.8 Å². The van der Waals surface area contributed by atoms with Crippen molar-refractivity contribution in [2.24, 2.45) is 7.05 Å². The summed E-state index contributed by atoms with van der Waals surface area (Å²) in [6, 6.07) is 6.25. The van der Waals surface area contributed by atoms with Gasteiger partial charge in [0, 0.05) is 75.9 Å². The van der Waals surface area contributed by atoms with E-state index in [1.807, 2.05) is 29.9 Å². The van der Waals surface area contributed by atoms with Gasteiger partial charge in [-0.3, -0.25) is 14.9 Å². The number of nitrogens with zero attached hydrogens (tertiary/aromatic N) is 10. The fourth-order valence-corrected chi connectivity index (χ4v) is 6.96. The summed E-state index contributed by atoms with van der Waals surface area (Å²) in [5.41, 5.74) is 5.26. The number of β-amino-alcohol motifs (C(OH)–C–C–N with tert-alkyl or cyclic N) is 1. The van der Waals surface area contributed by atoms with Gasteiger partial charge in [-0.25, -0.2) is 14.6 Å². The van der Waals surface area contributed by atoms with E-state index in [2.05, 4.69) is 37.4 Å². The summed E-state index contributed by atoms with van der Waals surface area (Å²) in [4.78, 5) is 26.7. The van der Waals surface area contributed by atoms with E-state index in [9.17, 15) is 5.11 Å². The average Bonchev–Trinajstić information content (AvgIpc) is 3.85. The summed E-state index contributed by atoms with van der Waals surface area (Å²) in [5.74, 6) is 3.24. The van der Waals surface area contributed by atoms with E-state index in [1.165, 1.54) is 0 Å². The molecule has 5 aromatic rings. The predicted octanol–water partition coefficient (Wildman–Crippen LogP) is 2.17. The first-order valence-corrected chi connectivity index (χ1v) is 15.2. The smallest absolute Gasteiger partial charge is 0.206 e. The molecule has 3 aliphatic heterocycles. The molecule has 0 saturated carbocycles. The molecule has 1 N–H and O–H groups in total. The zero-order chi connectivity index (χ0) is 29.9. The quantitative estimate of drug-likeness (QED) is 0.297. The van der Waals surface area contributed by atoms with Crippen LogP contribution in [0.2, 0.25) is 0 Å². The molecule has 5 aromatic heterocycles. The molecule has 8 heterocycles. The minimum absolute atomic E-state index is 0.181. The van der Waals surface area contributed by atoms with Crippen molar-refractivity contribution in [3.8, 4) is 22.8 Å². The molecule has 0 amide bonds. The molecule has 8 rings (SSSR count). The van der Waals surface area contributed by atoms with Crippen molar-refractivity contribution in [2.75, 3.05) is 69.4 Å². The lowest BCUT2D eigenvalue weighted by molar-refractivity contribution is 0.0989. The molecule has 44 heavy (non-hydrogen) atoms. The number of aromatic nitrogens is 7. The number of anilines is 2. The Morgan fingerprint density at radius 3 is 2.68 bits per heavy atom. The monoisotopic (exact) mass is 596 g/mol. The number of ether oxygens (including phenoxy) is 2. The van der Waals surface area contributed by atoms with Gasteiger partial charge in [-0.05, 0) is 25.5 Å². The maximum atomic E-state index is 9.39. The molecule has 13 nitrogen and oxygen atoms in total. The minimum Gasteiger partial charge on any atom is -0.496 e. The lowest BCUT2D eigenvalue weighted by Crippen LogP contribution is -2.47. The Hall–Kier alpha value is -4.33. The van der Waals surface area contributed by atoms with Crippen LogP contribution in [0.1, 0.15) is 12.1 Å². The number of hydrogen-bond acceptors (Lipinski definition) is 11. The highest BCUT2D eigenvalue weighted by Gasteiger charge is 2.41. The second kappa shape index (κ2) is 10.7. The minimum atomic E-state index is 0.181. The van der Waals surface area contributed by atoms with Crippen LogP contribution >= 0.6 is 0 Å². The largest absolute Gasteiger partial charge is 0.496 e. The van der Waals surface area contributed by atoms with Crippen molar-refractivity contribution in [3.63, 3.8) is 0 Å². The third kappa shape index (κ3) is 4.37. The SMILES string of the molecule is COc1ccncc1-c1cc2c(cnn2-c2cc3c(nc(N4CCN(CCO)CC4)n3C)c(N3C[C@H]4C[C@@H]3CO4)n2)c(C)n1. The number of fused-ring (bicyclic) bond motifs is 4. The fraction of sp³-hybridized carbons (Fsp3) is 0.452. The molecule has 13 heteroatoms. The molecule has 0 aromatic carbocycles. The molecule has 0 spiro atoms. The number of aryl methyl sites for hydroxylation is 2. The van der Waals surface area contributed by atoms with Crippen molar-refractivity contribution < 1.29 is 14.6 Å². The maximum absolute atomic E-state index is 9.39. The third-order valence-corrected chi connectivity index (χ3v) is 9.31. The Balaban J connectivity index is 1.27. The van der Waals surface area contributed by atoms with Gasteiger partial charge in [0.05, 0.1) is 61.0 Å². The molecule has 0 radical (unpaired) electrons. The number of aliphatic hydroxyl groups excluding tert-OH is 1. The summed E-state index contributed by atoms with van der Waals surface area (Å²) in [7, 11) is 3.74. The lowest BCUT2D eigenvalue weighted by Gasteiger charge is -2.34. The number of piperazine rings is 1. The first kappa shape index (κ1) is 27.2. The van der Waals surface area contributed by atoms with Gasteiger partial charge < -0.3 is 28.9 Å². The van der Waals surface area contributed by atoms with Crippen LogP contribution in [0.25, 0.3) is 39.0 Å². The molecule has 3 fully saturated rings. The van der Waals surface area contributed by atoms with E-state index < -0.39 is 0 Å². The van der Waals surface area contributed by atoms with Gasteiger partial charge >= 0.3 is 0 Å². The van der Waals surface area contributed by atoms with Crippen molar-refractivity contribution in [3.05, 3.63) is 42.5 Å². The van der Waals surface area contributed by atoms with Crippen LogP contribution in [-0.2, 0) is 11.8 Å². The highest BCUT2D eigenvalue weighted by atomic mass is 16.5. The second-order valence-electron chi connectivity index (χ2n) is 11.9. The number of rotatable bonds is 7. The average molecular weight is 597 g/mol. The molecule has 228 valence electrons. The van der Waals surface area contributed by atoms with E-state index in [1.54, 1.807) is 19.5 Å². The standard InChI is InChI=1S/C31H36N10O3/c1-19-22-16-33-41(25(22)13-24(34-19)23-15-32-5-4-27(23)43-3)28-14-26-29(30(35-28)40-17-21-12-20(40)18-44-21)36-31(37(26)2)39-8-6-38(7-9-39)10-11-42/h4-5,13-16,20-21,42H,6-12,17-18H2,1-3H3/t20-,21-/m1/s1. The Morgan fingerprint density at radius 2 is 1.93 bits per heavy atom. The predicted molar refractivity (Wildman–Crippen MR) is 167 cm³/mol. The Labute approximate surface area is 254 Å². The highest BCUT2D eigenvalue weighted by Crippen LogP contribution is 2.38. The number of morpholine rings is 1. The topological polar surface area (TPSA) is 123 Å². The highest BCUT2D eigenvalue weighted by molar-refractivity contribution is 5.92. The zero-order valence-corrected chi connectivity index (χ0v) is 25.2. The third-order valence-electron chi connectivity index (χ3n) is 9.31. The maximum Gasteiger partial charge on any atom is 0.206 e. The summed E-state index contributed by atoms with van der Waals surface area (Å²) in [6.07, 6.45) is 6.58. The second-order valence-corrected chi connectivity index (χ2v) is 11.9. The van der Waals surface area contributed by atoms with Crippen LogP contribution in [-0.4, -0.2) is 116 Å². The number of hydrogen-bond donors (Lipinski definition) is 1. The zero-order valence-electron chi connectivity index (χ0n) is 25.2. The van der Waals surface area contributed by atoms with E-state index in [4.69, 9.17) is 29.5 Å². The molecular formula is C31H36N10O3. The normalized spacial score (nSPS) is 20.5. The summed E-state index contributed by atoms with van der Waals surface area (Å²) in [5, 5.41) is 15.2. The van der Waals surface area contributed by atoms with Crippen molar-refractivity contribution in [1.82, 2.24) is 39.2 Å². The first-order valence-electron chi connectivity index (χ1n) is 15.2. The van der Waals surface area contributed by atoms with Crippen LogP contribution in [0.4, 0.5) is 11.8 Å². The summed E-state index contributed by atoms with van der Waals surface area (Å²) < 4.78 is 15.7. The van der Waals surface area contributed by atoms with Gasteiger partial charge in [0.2, 0.25) is 5.95 Å². The van der Waals surface area contributed by atoms with Gasteiger partial charge in [0.1, 0.15) is 11.3 Å². The summed E-state index contributed by atoms with van der Waals surface area (Å²) >= 11 is 0. The van der Waals surface area contributed by atoms with Gasteiger partial charge in [-0.2, -0.15) is 5.10 Å². The van der Waals surface area contributed by atoms with Gasteiger partial charge in [0.25, 0.3) is 0 Å². The van der Waals surface area contributed by atoms with E-state index in [0.29, 0.717) is 18.9 Å². The Morgan fingerprint density at radius 1 is 1.07 bits per heavy atom. The molecular weight excluding hydrogens is 560 g/mol. The number of aliphatic hydroxyl groups is 1. The summed E-state index contributed by atoms with van der Waals surface area (Å²) in [6.45, 7) is 7.88. The Kier molecular flexibility index (Phi) is 6.61. The fourth-order valence-electron chi connectivity index (χ4n) is 6.96. The molecule has 3 aliphatic rings. The van der Waals surface area contributed by atoms with E-state index in [-0.39, 0.29) is 18.8 Å². The van der Waals surface area contributed by atoms with E-state index in [0.717, 1.165) is 95.6 Å². The first-order chi connectivity index (χ1) is 21.5. The van der Waals surface area contributed by atoms with Crippen LogP contribution in [0, 0.1) is 6.92 Å². The molecule has 0 aliphatic carbocycles. The van der Waals surface area contributed by atoms with Crippen molar-refractivity contribution in [2.45, 2.75) is 25.5 Å². The van der Waals surface area contributed by atoms with Crippen LogP contribution in [0.3, 0.4) is 0 Å². The molecule has 2 atom stereocenters. The van der Waals surface area contributed by atoms with Gasteiger partial charge in [0.15, 0.2) is 11.6 Å². The van der Waals surface area contributed by atoms with Gasteiger partial charge in [-0.1, -0.05) is 0 Å². The molecule has 2 bridgehead atoms. The van der Waals surface area contributed by atoms with Crippen LogP contribution < -0.4 is 14.5 Å². The van der Waals surface area contributed by atoms with E-state index >= 15 is 0 Å². The number of methoxy groups -OCH3 is 1. The van der Waals surface area contributed by atoms with Crippen molar-refractivity contribution >= 4 is 33.7 Å². The molecule has 3 saturated heterocycles. The lowest BCUT2D eigenvalue weighted by atomic mass is 10.1. The molecule has 0 unspecified atom stereocenters. The number of imidazole rings is 1. The van der Waals surface area contributed by atoms with Crippen molar-refractivity contribution in [1.29, 1.82) is 0 Å². The van der Waals surface area contributed by atoms with Gasteiger partial charge in [-0.15, -0.1) is 0 Å². The van der Waals surface area contributed by atoms with Crippen LogP contribution in [0.5, 0.6) is 5.75 Å². The Bertz CT molecular complexity index is 1860.